The topological polar surface area (TPSA) is 20.2 Å². The highest BCUT2D eigenvalue weighted by atomic mass is 32.1. The van der Waals surface area contributed by atoms with E-state index in [-0.39, 0.29) is 6.61 Å². The van der Waals surface area contributed by atoms with E-state index in [0.29, 0.717) is 0 Å². The van der Waals surface area contributed by atoms with Crippen molar-refractivity contribution in [1.82, 2.24) is 0 Å². The maximum absolute atomic E-state index is 8.42. The summed E-state index contributed by atoms with van der Waals surface area (Å²) in [5.74, 6) is 0. The molecule has 0 amide bonds. The minimum absolute atomic E-state index is 0.229. The molecular weight excluding hydrogens is 120 g/mol. The van der Waals surface area contributed by atoms with Crippen molar-refractivity contribution in [2.45, 2.75) is 6.42 Å². The van der Waals surface area contributed by atoms with Crippen LogP contribution in [-0.4, -0.2) is 11.7 Å². The van der Waals surface area contributed by atoms with Crippen LogP contribution in [0.3, 0.4) is 0 Å². The number of aliphatic hydroxyl groups is 1. The summed E-state index contributed by atoms with van der Waals surface area (Å²) in [6, 6.07) is 3.00. The van der Waals surface area contributed by atoms with E-state index in [2.05, 4.69) is 6.07 Å². The van der Waals surface area contributed by atoms with Gasteiger partial charge in [-0.05, 0) is 28.8 Å². The molecule has 1 N–H and O–H groups in total. The van der Waals surface area contributed by atoms with Crippen LogP contribution in [0.4, 0.5) is 0 Å². The van der Waals surface area contributed by atoms with Crippen molar-refractivity contribution < 1.29 is 5.11 Å². The van der Waals surface area contributed by atoms with Gasteiger partial charge < -0.3 is 5.11 Å². The van der Waals surface area contributed by atoms with Crippen LogP contribution in [0.5, 0.6) is 0 Å². The molecule has 0 spiro atoms. The molecule has 0 fully saturated rings. The summed E-state index contributed by atoms with van der Waals surface area (Å²) in [6.45, 7) is 0.229. The fraction of sp³-hybridized carbons (Fsp3) is 0.333. The summed E-state index contributed by atoms with van der Waals surface area (Å²) >= 11 is 1.61. The normalized spacial score (nSPS) is 9.62. The Labute approximate surface area is 52.6 Å². The average Bonchev–Trinajstić information content (AvgIpc) is 2.19. The van der Waals surface area contributed by atoms with E-state index in [1.54, 1.807) is 11.3 Å². The Kier molecular flexibility index (Phi) is 2.06. The van der Waals surface area contributed by atoms with Gasteiger partial charge in [-0.2, -0.15) is 11.3 Å². The number of rotatable bonds is 2. The first-order valence-corrected chi connectivity index (χ1v) is 3.41. The molecule has 0 bridgehead atoms. The smallest absolute Gasteiger partial charge is 0.0471 e. The number of aliphatic hydroxyl groups excluding tert-OH is 1. The van der Waals surface area contributed by atoms with Crippen LogP contribution in [0.25, 0.3) is 0 Å². The molecule has 0 aliphatic carbocycles. The molecule has 0 saturated heterocycles. The Morgan fingerprint density at radius 1 is 1.75 bits per heavy atom. The van der Waals surface area contributed by atoms with E-state index in [9.17, 15) is 0 Å². The van der Waals surface area contributed by atoms with Gasteiger partial charge in [0, 0.05) is 6.61 Å². The second-order valence-electron chi connectivity index (χ2n) is 1.51. The lowest BCUT2D eigenvalue weighted by Crippen LogP contribution is -1.85. The van der Waals surface area contributed by atoms with E-state index in [4.69, 9.17) is 5.11 Å². The fourth-order valence-electron chi connectivity index (χ4n) is 0.511. The maximum Gasteiger partial charge on any atom is 0.0471 e. The molecule has 43 valence electrons. The molecule has 0 aliphatic rings. The molecule has 8 heavy (non-hydrogen) atoms. The molecule has 2 heteroatoms. The minimum Gasteiger partial charge on any atom is -0.396 e. The van der Waals surface area contributed by atoms with Crippen molar-refractivity contribution in [2.75, 3.05) is 6.61 Å². The summed E-state index contributed by atoms with van der Waals surface area (Å²) in [7, 11) is 0. The van der Waals surface area contributed by atoms with E-state index < -0.39 is 0 Å². The van der Waals surface area contributed by atoms with Crippen molar-refractivity contribution in [3.05, 3.63) is 22.4 Å². The van der Waals surface area contributed by atoms with Gasteiger partial charge in [0.1, 0.15) is 0 Å². The van der Waals surface area contributed by atoms with E-state index >= 15 is 0 Å². The van der Waals surface area contributed by atoms with Gasteiger partial charge in [0.05, 0.1) is 0 Å². The molecule has 1 heterocycles. The predicted octanol–water partition coefficient (Wildman–Crippen LogP) is 1.08. The monoisotopic (exact) mass is 127 g/mol. The second kappa shape index (κ2) is 2.84. The van der Waals surface area contributed by atoms with Gasteiger partial charge >= 0.3 is 0 Å². The fourth-order valence-corrected chi connectivity index (χ4v) is 1.15. The molecule has 1 radical (unpaired) electrons. The summed E-state index contributed by atoms with van der Waals surface area (Å²) in [6.07, 6.45) is 0.740. The third kappa shape index (κ3) is 1.32. The van der Waals surface area contributed by atoms with Crippen LogP contribution < -0.4 is 0 Å². The molecule has 0 saturated carbocycles. The van der Waals surface area contributed by atoms with Crippen LogP contribution >= 0.6 is 11.3 Å². The van der Waals surface area contributed by atoms with Crippen LogP contribution in [0.1, 0.15) is 5.56 Å². The van der Waals surface area contributed by atoms with E-state index in [1.807, 2.05) is 10.8 Å². The van der Waals surface area contributed by atoms with Crippen molar-refractivity contribution in [3.8, 4) is 0 Å². The predicted molar refractivity (Wildman–Crippen MR) is 33.9 cm³/mol. The van der Waals surface area contributed by atoms with E-state index in [0.717, 1.165) is 12.0 Å². The lowest BCUT2D eigenvalue weighted by molar-refractivity contribution is 0.299. The van der Waals surface area contributed by atoms with Gasteiger partial charge in [-0.25, -0.2) is 0 Å². The van der Waals surface area contributed by atoms with Gasteiger partial charge in [-0.1, -0.05) is 0 Å². The van der Waals surface area contributed by atoms with Gasteiger partial charge in [0.25, 0.3) is 0 Å². The first-order valence-electron chi connectivity index (χ1n) is 2.47. The molecule has 1 aromatic rings. The zero-order chi connectivity index (χ0) is 5.82. The molecule has 1 rings (SSSR count). The third-order valence-corrected chi connectivity index (χ3v) is 1.58. The number of thiophene rings is 1. The van der Waals surface area contributed by atoms with Crippen LogP contribution in [0.2, 0.25) is 0 Å². The maximum atomic E-state index is 8.42. The molecule has 0 aliphatic heterocycles. The number of hydrogen-bond acceptors (Lipinski definition) is 2. The van der Waals surface area contributed by atoms with Crippen LogP contribution in [-0.2, 0) is 6.42 Å². The van der Waals surface area contributed by atoms with Gasteiger partial charge in [0.2, 0.25) is 0 Å². The van der Waals surface area contributed by atoms with Crippen molar-refractivity contribution in [2.24, 2.45) is 0 Å². The molecule has 1 nitrogen and oxygen atoms in total. The molecule has 0 atom stereocenters. The summed E-state index contributed by atoms with van der Waals surface area (Å²) in [5.41, 5.74) is 1.11. The molecule has 0 unspecified atom stereocenters. The zero-order valence-electron chi connectivity index (χ0n) is 4.42. The molecule has 0 aromatic carbocycles. The highest BCUT2D eigenvalue weighted by molar-refractivity contribution is 7.07. The highest BCUT2D eigenvalue weighted by Gasteiger charge is 1.88. The lowest BCUT2D eigenvalue weighted by Gasteiger charge is -1.85. The highest BCUT2D eigenvalue weighted by Crippen LogP contribution is 2.04. The lowest BCUT2D eigenvalue weighted by atomic mass is 10.3. The Balaban J connectivity index is 2.50. The van der Waals surface area contributed by atoms with Crippen LogP contribution in [0.15, 0.2) is 10.8 Å². The summed E-state index contributed by atoms with van der Waals surface area (Å²) in [5, 5.41) is 12.3. The zero-order valence-corrected chi connectivity index (χ0v) is 5.24. The average molecular weight is 127 g/mol. The Hall–Kier alpha value is -0.340. The van der Waals surface area contributed by atoms with Gasteiger partial charge in [-0.3, -0.25) is 0 Å². The first kappa shape index (κ1) is 5.79. The van der Waals surface area contributed by atoms with Crippen LogP contribution in [0, 0.1) is 6.07 Å². The minimum atomic E-state index is 0.229. The Morgan fingerprint density at radius 2 is 2.62 bits per heavy atom. The largest absolute Gasteiger partial charge is 0.396 e. The molecular formula is C6H7OS. The third-order valence-electron chi connectivity index (χ3n) is 0.904. The second-order valence-corrected chi connectivity index (χ2v) is 2.26. The van der Waals surface area contributed by atoms with Crippen molar-refractivity contribution in [3.63, 3.8) is 0 Å². The van der Waals surface area contributed by atoms with Gasteiger partial charge in [-0.15, -0.1) is 0 Å². The Bertz CT molecular complexity index is 134. The number of hydrogen-bond donors (Lipinski definition) is 1. The molecule has 1 aromatic heterocycles. The quantitative estimate of drug-likeness (QED) is 0.630. The standard InChI is InChI=1S/C6H7OS/c7-3-1-6-2-4-8-5-6/h4-5,7H,1,3H2. The first-order chi connectivity index (χ1) is 3.93. The van der Waals surface area contributed by atoms with Crippen molar-refractivity contribution in [1.29, 1.82) is 0 Å². The SMILES string of the molecule is OCCc1[c]csc1. The van der Waals surface area contributed by atoms with E-state index in [1.165, 1.54) is 0 Å². The van der Waals surface area contributed by atoms with Crippen molar-refractivity contribution >= 4 is 11.3 Å². The summed E-state index contributed by atoms with van der Waals surface area (Å²) in [4.78, 5) is 0. The summed E-state index contributed by atoms with van der Waals surface area (Å²) < 4.78 is 0. The Morgan fingerprint density at radius 3 is 3.12 bits per heavy atom. The van der Waals surface area contributed by atoms with Gasteiger partial charge in [0.15, 0.2) is 0 Å².